The molecule has 0 radical (unpaired) electrons. The molecule has 0 aliphatic heterocycles. The molecule has 114 valence electrons. The summed E-state index contributed by atoms with van der Waals surface area (Å²) in [4.78, 5) is 0. The second-order valence-corrected chi connectivity index (χ2v) is 6.11. The summed E-state index contributed by atoms with van der Waals surface area (Å²) in [7, 11) is -3.53. The number of benzene rings is 1. The molecule has 0 aliphatic rings. The summed E-state index contributed by atoms with van der Waals surface area (Å²) in [6, 6.07) is 4.45. The molecule has 0 unspecified atom stereocenters. The molecule has 0 saturated carbocycles. The van der Waals surface area contributed by atoms with Gasteiger partial charge in [-0.1, -0.05) is 0 Å². The van der Waals surface area contributed by atoms with Crippen LogP contribution in [0.2, 0.25) is 0 Å². The first kappa shape index (κ1) is 16.9. The van der Waals surface area contributed by atoms with E-state index >= 15 is 0 Å². The molecule has 0 bridgehead atoms. The smallest absolute Gasteiger partial charge is 0.406 e. The molecule has 0 aromatic heterocycles. The van der Waals surface area contributed by atoms with E-state index in [0.29, 0.717) is 18.7 Å². The molecule has 9 heteroatoms. The second-order valence-electron chi connectivity index (χ2n) is 3.89. The van der Waals surface area contributed by atoms with Crippen molar-refractivity contribution >= 4 is 27.3 Å². The van der Waals surface area contributed by atoms with Crippen LogP contribution in [0.4, 0.5) is 18.9 Å². The van der Waals surface area contributed by atoms with Crippen molar-refractivity contribution in [3.63, 3.8) is 0 Å². The topological polar surface area (TPSA) is 55.4 Å². The van der Waals surface area contributed by atoms with Gasteiger partial charge in [0.2, 0.25) is 10.0 Å². The Morgan fingerprint density at radius 1 is 1.15 bits per heavy atom. The van der Waals surface area contributed by atoms with Crippen LogP contribution in [0.25, 0.3) is 0 Å². The lowest BCUT2D eigenvalue weighted by Gasteiger charge is -2.10. The van der Waals surface area contributed by atoms with E-state index < -0.39 is 22.1 Å². The lowest BCUT2D eigenvalue weighted by atomic mass is 10.3. The Kier molecular flexibility index (Phi) is 5.94. The quantitative estimate of drug-likeness (QED) is 0.616. The molecule has 0 spiro atoms. The van der Waals surface area contributed by atoms with E-state index in [9.17, 15) is 21.6 Å². The van der Waals surface area contributed by atoms with E-state index in [1.165, 1.54) is 12.1 Å². The fraction of sp³-hybridized carbons (Fsp3) is 0.455. The van der Waals surface area contributed by atoms with E-state index in [0.717, 1.165) is 12.1 Å². The Bertz CT molecular complexity index is 517. The number of nitrogens with one attached hydrogen (secondary N) is 1. The van der Waals surface area contributed by atoms with Gasteiger partial charge in [-0.15, -0.1) is 24.8 Å². The monoisotopic (exact) mass is 331 g/mol. The molecule has 0 amide bonds. The lowest BCUT2D eigenvalue weighted by molar-refractivity contribution is -0.274. The summed E-state index contributed by atoms with van der Waals surface area (Å²) < 4.78 is 65.0. The van der Waals surface area contributed by atoms with Crippen molar-refractivity contribution in [1.29, 1.82) is 0 Å². The van der Waals surface area contributed by atoms with Crippen LogP contribution >= 0.6 is 11.6 Å². The van der Waals surface area contributed by atoms with Gasteiger partial charge in [-0.2, -0.15) is 0 Å². The average molecular weight is 332 g/mol. The number of anilines is 1. The van der Waals surface area contributed by atoms with Gasteiger partial charge in [0.05, 0.1) is 5.75 Å². The minimum Gasteiger partial charge on any atom is -0.406 e. The maximum Gasteiger partial charge on any atom is 0.573 e. The van der Waals surface area contributed by atoms with Crippen molar-refractivity contribution in [2.75, 3.05) is 16.4 Å². The van der Waals surface area contributed by atoms with Crippen LogP contribution < -0.4 is 9.46 Å². The Balaban J connectivity index is 2.61. The molecule has 0 aliphatic carbocycles. The zero-order valence-corrected chi connectivity index (χ0v) is 11.9. The molecule has 4 nitrogen and oxygen atoms in total. The van der Waals surface area contributed by atoms with Crippen molar-refractivity contribution in [3.8, 4) is 5.75 Å². The maximum atomic E-state index is 11.9. The Labute approximate surface area is 119 Å². The first-order chi connectivity index (χ1) is 9.22. The van der Waals surface area contributed by atoms with Crippen molar-refractivity contribution in [2.24, 2.45) is 0 Å². The Morgan fingerprint density at radius 3 is 2.25 bits per heavy atom. The predicted molar refractivity (Wildman–Crippen MR) is 70.5 cm³/mol. The molecule has 0 atom stereocenters. The summed E-state index contributed by atoms with van der Waals surface area (Å²) in [6.45, 7) is 0. The lowest BCUT2D eigenvalue weighted by Crippen LogP contribution is -2.18. The number of halogens is 4. The van der Waals surface area contributed by atoms with Gasteiger partial charge in [-0.25, -0.2) is 8.42 Å². The number of alkyl halides is 4. The Morgan fingerprint density at radius 2 is 1.75 bits per heavy atom. The zero-order valence-electron chi connectivity index (χ0n) is 10.3. The molecule has 1 aromatic rings. The third kappa shape index (κ3) is 6.85. The summed E-state index contributed by atoms with van der Waals surface area (Å²) in [5, 5.41) is 0. The normalized spacial score (nSPS) is 12.2. The second kappa shape index (κ2) is 7.03. The maximum absolute atomic E-state index is 11.9. The van der Waals surface area contributed by atoms with Crippen LogP contribution in [0.3, 0.4) is 0 Å². The molecule has 0 heterocycles. The van der Waals surface area contributed by atoms with Crippen molar-refractivity contribution < 1.29 is 26.3 Å². The van der Waals surface area contributed by atoms with Gasteiger partial charge in [-0.05, 0) is 37.1 Å². The van der Waals surface area contributed by atoms with E-state index in [1.54, 1.807) is 0 Å². The first-order valence-corrected chi connectivity index (χ1v) is 7.83. The van der Waals surface area contributed by atoms with Crippen LogP contribution in [-0.2, 0) is 10.0 Å². The van der Waals surface area contributed by atoms with Crippen molar-refractivity contribution in [3.05, 3.63) is 24.3 Å². The van der Waals surface area contributed by atoms with Gasteiger partial charge in [0.1, 0.15) is 5.75 Å². The molecule has 1 rings (SSSR count). The highest BCUT2D eigenvalue weighted by atomic mass is 35.5. The summed E-state index contributed by atoms with van der Waals surface area (Å²) in [5.41, 5.74) is 0.172. The standard InChI is InChI=1S/C11H13ClF3NO3S/c12-7-1-2-8-20(17,18)16-9-3-5-10(6-4-9)19-11(13,14)15/h3-6,16H,1-2,7-8H2. The number of hydrogen-bond donors (Lipinski definition) is 1. The molecule has 1 N–H and O–H groups in total. The fourth-order valence-electron chi connectivity index (χ4n) is 1.34. The minimum atomic E-state index is -4.78. The largest absolute Gasteiger partial charge is 0.573 e. The highest BCUT2D eigenvalue weighted by Crippen LogP contribution is 2.24. The highest BCUT2D eigenvalue weighted by Gasteiger charge is 2.30. The van der Waals surface area contributed by atoms with E-state index in [-0.39, 0.29) is 11.4 Å². The van der Waals surface area contributed by atoms with Gasteiger partial charge in [0.25, 0.3) is 0 Å². The zero-order chi connectivity index (χ0) is 15.2. The van der Waals surface area contributed by atoms with Crippen LogP contribution in [-0.4, -0.2) is 26.4 Å². The third-order valence-electron chi connectivity index (χ3n) is 2.16. The molecular weight excluding hydrogens is 319 g/mol. The Hall–Kier alpha value is -1.15. The van der Waals surface area contributed by atoms with Crippen LogP contribution in [0, 0.1) is 0 Å². The summed E-state index contributed by atoms with van der Waals surface area (Å²) in [5.74, 6) is -0.137. The molecule has 0 fully saturated rings. The first-order valence-electron chi connectivity index (χ1n) is 5.64. The third-order valence-corrected chi connectivity index (χ3v) is 3.80. The van der Waals surface area contributed by atoms with E-state index in [4.69, 9.17) is 11.6 Å². The number of sulfonamides is 1. The van der Waals surface area contributed by atoms with Crippen LogP contribution in [0.1, 0.15) is 12.8 Å². The van der Waals surface area contributed by atoms with Crippen LogP contribution in [0.5, 0.6) is 5.75 Å². The summed E-state index contributed by atoms with van der Waals surface area (Å²) in [6.07, 6.45) is -3.79. The molecular formula is C11H13ClF3NO3S. The van der Waals surface area contributed by atoms with Gasteiger partial charge < -0.3 is 4.74 Å². The van der Waals surface area contributed by atoms with Crippen LogP contribution in [0.15, 0.2) is 24.3 Å². The highest BCUT2D eigenvalue weighted by molar-refractivity contribution is 7.92. The number of unbranched alkanes of at least 4 members (excludes halogenated alkanes) is 1. The molecule has 0 saturated heterocycles. The SMILES string of the molecule is O=S(=O)(CCCCCl)Nc1ccc(OC(F)(F)F)cc1. The fourth-order valence-corrected chi connectivity index (χ4v) is 2.71. The van der Waals surface area contributed by atoms with Gasteiger partial charge in [0.15, 0.2) is 0 Å². The van der Waals surface area contributed by atoms with Gasteiger partial charge in [0, 0.05) is 11.6 Å². The molecule has 1 aromatic carbocycles. The van der Waals surface area contributed by atoms with Crippen molar-refractivity contribution in [1.82, 2.24) is 0 Å². The minimum absolute atomic E-state index is 0.0967. The van der Waals surface area contributed by atoms with Crippen molar-refractivity contribution in [2.45, 2.75) is 19.2 Å². The average Bonchev–Trinajstić information content (AvgIpc) is 2.30. The number of rotatable bonds is 7. The van der Waals surface area contributed by atoms with Gasteiger partial charge in [-0.3, -0.25) is 4.72 Å². The predicted octanol–water partition coefficient (Wildman–Crippen LogP) is 3.35. The molecule has 20 heavy (non-hydrogen) atoms. The van der Waals surface area contributed by atoms with Gasteiger partial charge >= 0.3 is 6.36 Å². The summed E-state index contributed by atoms with van der Waals surface area (Å²) >= 11 is 5.44. The number of hydrogen-bond acceptors (Lipinski definition) is 3. The number of ether oxygens (including phenoxy) is 1. The van der Waals surface area contributed by atoms with E-state index in [2.05, 4.69) is 9.46 Å². The van der Waals surface area contributed by atoms with E-state index in [1.807, 2.05) is 0 Å².